The Labute approximate surface area is 166 Å². The van der Waals surface area contributed by atoms with Crippen molar-refractivity contribution in [3.8, 4) is 22.9 Å². The third-order valence-corrected chi connectivity index (χ3v) is 4.47. The highest BCUT2D eigenvalue weighted by Gasteiger charge is 2.13. The zero-order chi connectivity index (χ0) is 18.7. The maximum Gasteiger partial charge on any atom is 0.165 e. The number of hydrazone groups is 1. The Morgan fingerprint density at radius 2 is 1.77 bits per heavy atom. The second-order valence-electron chi connectivity index (χ2n) is 5.46. The number of anilines is 1. The summed E-state index contributed by atoms with van der Waals surface area (Å²) in [6.45, 7) is 1.84. The van der Waals surface area contributed by atoms with Crippen LogP contribution in [0.1, 0.15) is 11.3 Å². The number of aromatic nitrogens is 2. The lowest BCUT2D eigenvalue weighted by molar-refractivity contribution is 0.473. The van der Waals surface area contributed by atoms with Crippen molar-refractivity contribution in [2.24, 2.45) is 5.10 Å². The Morgan fingerprint density at radius 3 is 2.50 bits per heavy atom. The molecule has 0 unspecified atom stereocenters. The van der Waals surface area contributed by atoms with Crippen LogP contribution in [0.25, 0.3) is 11.4 Å². The summed E-state index contributed by atoms with van der Waals surface area (Å²) in [6, 6.07) is 11.9. The monoisotopic (exact) mass is 476 g/mol. The summed E-state index contributed by atoms with van der Waals surface area (Å²) >= 11 is 6.71. The fourth-order valence-electron chi connectivity index (χ4n) is 2.22. The number of benzene rings is 2. The van der Waals surface area contributed by atoms with Gasteiger partial charge in [-0.25, -0.2) is 9.97 Å². The second kappa shape index (κ2) is 7.84. The Bertz CT molecular complexity index is 976. The Kier molecular flexibility index (Phi) is 5.53. The summed E-state index contributed by atoms with van der Waals surface area (Å²) in [5.41, 5.74) is 4.92. The smallest absolute Gasteiger partial charge is 0.165 e. The summed E-state index contributed by atoms with van der Waals surface area (Å²) in [4.78, 5) is 8.81. The van der Waals surface area contributed by atoms with Gasteiger partial charge in [-0.15, -0.1) is 0 Å². The van der Waals surface area contributed by atoms with Crippen molar-refractivity contribution in [3.05, 3.63) is 62.7 Å². The molecule has 0 aliphatic carbocycles. The van der Waals surface area contributed by atoms with E-state index in [1.165, 1.54) is 0 Å². The van der Waals surface area contributed by atoms with E-state index in [0.29, 0.717) is 21.7 Å². The number of nitrogens with zero attached hydrogens (tertiary/aromatic N) is 3. The molecule has 1 aromatic heterocycles. The van der Waals surface area contributed by atoms with Crippen LogP contribution in [0.5, 0.6) is 11.5 Å². The van der Waals surface area contributed by atoms with Crippen LogP contribution in [0.3, 0.4) is 0 Å². The third-order valence-electron chi connectivity index (χ3n) is 3.41. The number of rotatable bonds is 4. The minimum absolute atomic E-state index is 0.0670. The van der Waals surface area contributed by atoms with E-state index >= 15 is 0 Å². The van der Waals surface area contributed by atoms with E-state index in [4.69, 9.17) is 0 Å². The standard InChI is InChI=1S/C18H14Br2N4O2/c1-10-6-16(24-21-9-11-2-4-13(25)5-3-11)23-18(22-10)14-7-12(19)8-15(20)17(14)26/h2-9,25-26H,1H3,(H,22,23,24). The lowest BCUT2D eigenvalue weighted by Crippen LogP contribution is -1.99. The van der Waals surface area contributed by atoms with Gasteiger partial charge in [0.1, 0.15) is 11.5 Å². The van der Waals surface area contributed by atoms with Crippen LogP contribution < -0.4 is 5.43 Å². The molecule has 0 saturated heterocycles. The fraction of sp³-hybridized carbons (Fsp3) is 0.0556. The van der Waals surface area contributed by atoms with Crippen LogP contribution in [0.15, 0.2) is 56.5 Å². The zero-order valence-corrected chi connectivity index (χ0v) is 16.8. The molecule has 0 aliphatic rings. The molecule has 0 saturated carbocycles. The van der Waals surface area contributed by atoms with Crippen molar-refractivity contribution in [3.63, 3.8) is 0 Å². The van der Waals surface area contributed by atoms with E-state index in [1.807, 2.05) is 6.92 Å². The number of aromatic hydroxyl groups is 2. The topological polar surface area (TPSA) is 90.6 Å². The molecule has 2 aromatic carbocycles. The van der Waals surface area contributed by atoms with E-state index < -0.39 is 0 Å². The molecule has 1 heterocycles. The number of aryl methyl sites for hydroxylation is 1. The lowest BCUT2D eigenvalue weighted by Gasteiger charge is -2.09. The van der Waals surface area contributed by atoms with Gasteiger partial charge in [-0.05, 0) is 64.8 Å². The lowest BCUT2D eigenvalue weighted by atomic mass is 10.2. The van der Waals surface area contributed by atoms with Crippen molar-refractivity contribution in [1.29, 1.82) is 0 Å². The van der Waals surface area contributed by atoms with Gasteiger partial charge >= 0.3 is 0 Å². The summed E-state index contributed by atoms with van der Waals surface area (Å²) in [7, 11) is 0. The molecule has 8 heteroatoms. The number of phenols is 2. The predicted molar refractivity (Wildman–Crippen MR) is 109 cm³/mol. The first kappa shape index (κ1) is 18.3. The molecule has 0 bridgehead atoms. The van der Waals surface area contributed by atoms with Crippen molar-refractivity contribution in [2.45, 2.75) is 6.92 Å². The Balaban J connectivity index is 1.87. The minimum atomic E-state index is 0.0670. The largest absolute Gasteiger partial charge is 0.508 e. The maximum atomic E-state index is 10.3. The van der Waals surface area contributed by atoms with Gasteiger partial charge in [0.2, 0.25) is 0 Å². The van der Waals surface area contributed by atoms with Gasteiger partial charge in [0.25, 0.3) is 0 Å². The molecule has 3 rings (SSSR count). The van der Waals surface area contributed by atoms with Gasteiger partial charge in [0.05, 0.1) is 16.3 Å². The molecule has 26 heavy (non-hydrogen) atoms. The van der Waals surface area contributed by atoms with Crippen molar-refractivity contribution < 1.29 is 10.2 Å². The van der Waals surface area contributed by atoms with E-state index in [1.54, 1.807) is 48.7 Å². The zero-order valence-electron chi connectivity index (χ0n) is 13.6. The summed E-state index contributed by atoms with van der Waals surface area (Å²) < 4.78 is 1.34. The van der Waals surface area contributed by atoms with E-state index in [9.17, 15) is 10.2 Å². The quantitative estimate of drug-likeness (QED) is 0.369. The van der Waals surface area contributed by atoms with Gasteiger partial charge in [-0.1, -0.05) is 15.9 Å². The number of halogens is 2. The van der Waals surface area contributed by atoms with E-state index in [2.05, 4.69) is 52.4 Å². The van der Waals surface area contributed by atoms with Crippen LogP contribution in [0.2, 0.25) is 0 Å². The van der Waals surface area contributed by atoms with Gasteiger partial charge in [0, 0.05) is 16.2 Å². The van der Waals surface area contributed by atoms with Gasteiger partial charge < -0.3 is 10.2 Å². The third kappa shape index (κ3) is 4.39. The number of hydrogen-bond donors (Lipinski definition) is 3. The molecule has 0 atom stereocenters. The molecule has 0 fully saturated rings. The first-order valence-electron chi connectivity index (χ1n) is 7.54. The Morgan fingerprint density at radius 1 is 1.04 bits per heavy atom. The van der Waals surface area contributed by atoms with Crippen LogP contribution in [-0.2, 0) is 0 Å². The average Bonchev–Trinajstić information content (AvgIpc) is 2.59. The summed E-state index contributed by atoms with van der Waals surface area (Å²) in [5, 5.41) is 23.7. The molecule has 0 aliphatic heterocycles. The highest BCUT2D eigenvalue weighted by atomic mass is 79.9. The Hall–Kier alpha value is -2.45. The molecule has 0 amide bonds. The first-order valence-corrected chi connectivity index (χ1v) is 9.13. The highest BCUT2D eigenvalue weighted by molar-refractivity contribution is 9.11. The highest BCUT2D eigenvalue weighted by Crippen LogP contribution is 2.37. The second-order valence-corrected chi connectivity index (χ2v) is 7.23. The van der Waals surface area contributed by atoms with Crippen LogP contribution in [0.4, 0.5) is 5.82 Å². The molecule has 132 valence electrons. The van der Waals surface area contributed by atoms with Crippen LogP contribution in [-0.4, -0.2) is 26.4 Å². The molecular formula is C18H14Br2N4O2. The normalized spacial score (nSPS) is 11.0. The molecule has 6 nitrogen and oxygen atoms in total. The van der Waals surface area contributed by atoms with Crippen molar-refractivity contribution in [2.75, 3.05) is 5.43 Å². The van der Waals surface area contributed by atoms with E-state index in [0.717, 1.165) is 15.7 Å². The van der Waals surface area contributed by atoms with Crippen molar-refractivity contribution >= 4 is 43.9 Å². The summed E-state index contributed by atoms with van der Waals surface area (Å²) in [5.74, 6) is 1.15. The minimum Gasteiger partial charge on any atom is -0.508 e. The summed E-state index contributed by atoms with van der Waals surface area (Å²) in [6.07, 6.45) is 1.61. The number of nitrogens with one attached hydrogen (secondary N) is 1. The number of phenolic OH excluding ortho intramolecular Hbond substituents is 2. The van der Waals surface area contributed by atoms with E-state index in [-0.39, 0.29) is 11.5 Å². The predicted octanol–water partition coefficient (Wildman–Crippen LogP) is 4.83. The van der Waals surface area contributed by atoms with Crippen LogP contribution >= 0.6 is 31.9 Å². The molecule has 0 spiro atoms. The SMILES string of the molecule is Cc1cc(NN=Cc2ccc(O)cc2)nc(-c2cc(Br)cc(Br)c2O)n1. The van der Waals surface area contributed by atoms with Crippen molar-refractivity contribution in [1.82, 2.24) is 9.97 Å². The first-order chi connectivity index (χ1) is 12.4. The molecular weight excluding hydrogens is 464 g/mol. The average molecular weight is 478 g/mol. The fourth-order valence-corrected chi connectivity index (χ4v) is 3.44. The maximum absolute atomic E-state index is 10.3. The molecule has 0 radical (unpaired) electrons. The van der Waals surface area contributed by atoms with Gasteiger partial charge in [-0.3, -0.25) is 5.43 Å². The van der Waals surface area contributed by atoms with Crippen LogP contribution in [0, 0.1) is 6.92 Å². The number of hydrogen-bond acceptors (Lipinski definition) is 6. The van der Waals surface area contributed by atoms with Gasteiger partial charge in [0.15, 0.2) is 11.6 Å². The van der Waals surface area contributed by atoms with Gasteiger partial charge in [-0.2, -0.15) is 5.10 Å². The molecule has 3 N–H and O–H groups in total. The molecule has 3 aromatic rings.